The van der Waals surface area contributed by atoms with Crippen LogP contribution in [0.1, 0.15) is 248 Å². The van der Waals surface area contributed by atoms with E-state index in [1.165, 1.54) is 103 Å². The molecule has 0 spiro atoms. The normalized spacial score (nSPS) is 12.4. The molecule has 0 unspecified atom stereocenters. The van der Waals surface area contributed by atoms with Crippen LogP contribution in [0.3, 0.4) is 0 Å². The number of hydrogen-bond acceptors (Lipinski definition) is 6. The number of hydrogen-bond donors (Lipinski definition) is 1. The fraction of sp³-hybridized carbons (Fsp3) is 0.959. The number of esters is 2. The van der Waals surface area contributed by atoms with Gasteiger partial charge in [0.05, 0.1) is 24.0 Å². The largest absolute Gasteiger partial charge is 0.465 e. The van der Waals surface area contributed by atoms with E-state index in [9.17, 15) is 14.7 Å². The Hall–Kier alpha value is -1.14. The number of unbranched alkanes of at least 4 members (excludes halogenated alkanes) is 20. The van der Waals surface area contributed by atoms with Crippen LogP contribution in [-0.4, -0.2) is 60.9 Å². The van der Waals surface area contributed by atoms with E-state index in [2.05, 4.69) is 46.4 Å². The highest BCUT2D eigenvalue weighted by atomic mass is 16.5. The van der Waals surface area contributed by atoms with Crippen LogP contribution in [0.2, 0.25) is 0 Å². The van der Waals surface area contributed by atoms with Crippen molar-refractivity contribution >= 4 is 11.9 Å². The summed E-state index contributed by atoms with van der Waals surface area (Å²) in [6.45, 7) is 20.6. The second-order valence-corrected chi connectivity index (χ2v) is 18.9. The molecule has 0 aliphatic heterocycles. The van der Waals surface area contributed by atoms with Crippen molar-refractivity contribution in [2.24, 2.45) is 16.7 Å². The molecule has 0 saturated carbocycles. The Kier molecular flexibility index (Phi) is 35.2. The van der Waals surface area contributed by atoms with Crippen LogP contribution in [0, 0.1) is 16.7 Å². The third kappa shape index (κ3) is 32.5. The van der Waals surface area contributed by atoms with Crippen LogP contribution in [0.5, 0.6) is 0 Å². The lowest BCUT2D eigenvalue weighted by Gasteiger charge is -2.27. The van der Waals surface area contributed by atoms with E-state index in [-0.39, 0.29) is 24.6 Å². The van der Waals surface area contributed by atoms with E-state index in [0.29, 0.717) is 13.2 Å². The minimum atomic E-state index is -0.457. The van der Waals surface area contributed by atoms with Gasteiger partial charge in [0.1, 0.15) is 6.10 Å². The molecule has 0 rings (SSSR count). The molecule has 0 aliphatic rings. The van der Waals surface area contributed by atoms with Gasteiger partial charge in [-0.2, -0.15) is 0 Å². The predicted molar refractivity (Wildman–Crippen MR) is 237 cm³/mol. The number of ether oxygens (including phenoxy) is 2. The zero-order valence-electron chi connectivity index (χ0n) is 38.4. The van der Waals surface area contributed by atoms with Gasteiger partial charge in [0.2, 0.25) is 0 Å². The molecular weight excluding hydrogens is 683 g/mol. The molecule has 0 fully saturated rings. The lowest BCUT2D eigenvalue weighted by Crippen LogP contribution is -2.31. The van der Waals surface area contributed by atoms with Crippen molar-refractivity contribution in [2.75, 3.05) is 32.8 Å². The Morgan fingerprint density at radius 3 is 1.42 bits per heavy atom. The van der Waals surface area contributed by atoms with Crippen molar-refractivity contribution in [3.63, 3.8) is 0 Å². The average Bonchev–Trinajstić information content (AvgIpc) is 3.14. The summed E-state index contributed by atoms with van der Waals surface area (Å²) >= 11 is 0. The SMILES string of the molecule is CCCCCCCCC(CCCCCCCC)OC(=O)C(C)(C)CCCCCCN(CCO)CCCCC(C)(C)C(=O)OCCCCCCCCCC(C)C. The second-order valence-electron chi connectivity index (χ2n) is 18.9. The molecular formula is C49H97NO5. The third-order valence-electron chi connectivity index (χ3n) is 11.8. The minimum Gasteiger partial charge on any atom is -0.465 e. The van der Waals surface area contributed by atoms with Crippen molar-refractivity contribution in [3.05, 3.63) is 0 Å². The number of carbonyl (C=O) groups excluding carboxylic acids is 2. The Bertz CT molecular complexity index is 855. The quantitative estimate of drug-likeness (QED) is 0.0492. The van der Waals surface area contributed by atoms with Gasteiger partial charge in [0.25, 0.3) is 0 Å². The van der Waals surface area contributed by atoms with E-state index in [1.807, 2.05) is 13.8 Å². The van der Waals surface area contributed by atoms with E-state index < -0.39 is 10.8 Å². The number of aliphatic hydroxyl groups is 1. The van der Waals surface area contributed by atoms with Crippen LogP contribution in [-0.2, 0) is 19.1 Å². The van der Waals surface area contributed by atoms with Crippen molar-refractivity contribution in [1.29, 1.82) is 0 Å². The fourth-order valence-electron chi connectivity index (χ4n) is 7.62. The number of nitrogens with zero attached hydrogens (tertiary/aromatic N) is 1. The maximum Gasteiger partial charge on any atom is 0.311 e. The molecule has 0 bridgehead atoms. The lowest BCUT2D eigenvalue weighted by molar-refractivity contribution is -0.161. The van der Waals surface area contributed by atoms with Gasteiger partial charge < -0.3 is 19.5 Å². The molecule has 0 heterocycles. The molecule has 328 valence electrons. The standard InChI is InChI=1S/C49H97NO5/c1-9-11-13-15-21-27-35-45(36-28-22-16-14-12-10-2)55-47(53)49(7,8)37-29-23-24-31-39-50(41-42-51)40-32-30-38-48(5,6)46(52)54-43-33-25-19-17-18-20-26-34-44(3)4/h44-45,51H,9-43H2,1-8H3. The molecule has 1 N–H and O–H groups in total. The molecule has 55 heavy (non-hydrogen) atoms. The van der Waals surface area contributed by atoms with Gasteiger partial charge in [-0.05, 0) is 104 Å². The van der Waals surface area contributed by atoms with Gasteiger partial charge in [-0.25, -0.2) is 0 Å². The van der Waals surface area contributed by atoms with Gasteiger partial charge >= 0.3 is 11.9 Å². The first-order valence-electron chi connectivity index (χ1n) is 24.1. The molecule has 0 atom stereocenters. The topological polar surface area (TPSA) is 76.1 Å². The van der Waals surface area contributed by atoms with E-state index in [4.69, 9.17) is 9.47 Å². The molecule has 6 nitrogen and oxygen atoms in total. The Morgan fingerprint density at radius 2 is 0.909 bits per heavy atom. The first-order valence-corrected chi connectivity index (χ1v) is 24.1. The molecule has 0 amide bonds. The molecule has 0 aliphatic carbocycles. The molecule has 6 heteroatoms. The summed E-state index contributed by atoms with van der Waals surface area (Å²) in [7, 11) is 0. The summed E-state index contributed by atoms with van der Waals surface area (Å²) < 4.78 is 11.9. The first kappa shape index (κ1) is 53.9. The van der Waals surface area contributed by atoms with Crippen LogP contribution in [0.4, 0.5) is 0 Å². The van der Waals surface area contributed by atoms with Gasteiger partial charge in [-0.1, -0.05) is 163 Å². The monoisotopic (exact) mass is 780 g/mol. The van der Waals surface area contributed by atoms with Crippen LogP contribution < -0.4 is 0 Å². The van der Waals surface area contributed by atoms with Gasteiger partial charge in [-0.15, -0.1) is 0 Å². The zero-order valence-corrected chi connectivity index (χ0v) is 38.4. The van der Waals surface area contributed by atoms with Crippen molar-refractivity contribution in [3.8, 4) is 0 Å². The van der Waals surface area contributed by atoms with Crippen LogP contribution in [0.15, 0.2) is 0 Å². The summed E-state index contributed by atoms with van der Waals surface area (Å²) in [5.41, 5.74) is -0.906. The first-order chi connectivity index (χ1) is 26.4. The Balaban J connectivity index is 4.36. The number of carbonyl (C=O) groups is 2. The maximum atomic E-state index is 13.4. The smallest absolute Gasteiger partial charge is 0.311 e. The van der Waals surface area contributed by atoms with Crippen molar-refractivity contribution < 1.29 is 24.2 Å². The minimum absolute atomic E-state index is 0.00592. The molecule has 0 aromatic rings. The highest BCUT2D eigenvalue weighted by molar-refractivity contribution is 5.76. The van der Waals surface area contributed by atoms with Crippen LogP contribution >= 0.6 is 0 Å². The molecule has 0 saturated heterocycles. The zero-order chi connectivity index (χ0) is 41.0. The highest BCUT2D eigenvalue weighted by Crippen LogP contribution is 2.29. The highest BCUT2D eigenvalue weighted by Gasteiger charge is 2.31. The van der Waals surface area contributed by atoms with Crippen molar-refractivity contribution in [2.45, 2.75) is 254 Å². The average molecular weight is 780 g/mol. The van der Waals surface area contributed by atoms with Gasteiger partial charge in [0.15, 0.2) is 0 Å². The second kappa shape index (κ2) is 36.0. The van der Waals surface area contributed by atoms with Crippen molar-refractivity contribution in [1.82, 2.24) is 4.90 Å². The summed E-state index contributed by atoms with van der Waals surface area (Å²) in [5.74, 6) is 0.744. The number of aliphatic hydroxyl groups excluding tert-OH is 1. The van der Waals surface area contributed by atoms with E-state index in [0.717, 1.165) is 109 Å². The van der Waals surface area contributed by atoms with E-state index in [1.54, 1.807) is 0 Å². The summed E-state index contributed by atoms with van der Waals surface area (Å²) in [6, 6.07) is 0. The third-order valence-corrected chi connectivity index (χ3v) is 11.8. The number of rotatable bonds is 41. The lowest BCUT2D eigenvalue weighted by atomic mass is 9.86. The molecule has 0 aromatic carbocycles. The maximum absolute atomic E-state index is 13.4. The Morgan fingerprint density at radius 1 is 0.509 bits per heavy atom. The summed E-state index contributed by atoms with van der Waals surface area (Å²) in [5, 5.41) is 9.68. The van der Waals surface area contributed by atoms with Gasteiger partial charge in [0, 0.05) is 6.54 Å². The Labute approximate surface area is 343 Å². The van der Waals surface area contributed by atoms with E-state index >= 15 is 0 Å². The van der Waals surface area contributed by atoms with Crippen LogP contribution in [0.25, 0.3) is 0 Å². The fourth-order valence-corrected chi connectivity index (χ4v) is 7.62. The predicted octanol–water partition coefficient (Wildman–Crippen LogP) is 14.2. The molecule has 0 aromatic heterocycles. The molecule has 0 radical (unpaired) electrons. The summed E-state index contributed by atoms with van der Waals surface area (Å²) in [4.78, 5) is 28.5. The van der Waals surface area contributed by atoms with Gasteiger partial charge in [-0.3, -0.25) is 9.59 Å². The summed E-state index contributed by atoms with van der Waals surface area (Å²) in [6.07, 6.45) is 35.4.